The van der Waals surface area contributed by atoms with Crippen LogP contribution in [-0.4, -0.2) is 42.3 Å². The van der Waals surface area contributed by atoms with Gasteiger partial charge in [-0.1, -0.05) is 12.1 Å². The number of amides is 2. The fourth-order valence-electron chi connectivity index (χ4n) is 2.20. The van der Waals surface area contributed by atoms with E-state index in [9.17, 15) is 4.79 Å². The summed E-state index contributed by atoms with van der Waals surface area (Å²) in [4.78, 5) is 13.5. The third-order valence-corrected chi connectivity index (χ3v) is 3.17. The third kappa shape index (κ3) is 3.38. The molecule has 5 heteroatoms. The van der Waals surface area contributed by atoms with Crippen LogP contribution in [-0.2, 0) is 0 Å². The van der Waals surface area contributed by atoms with Crippen molar-refractivity contribution < 1.29 is 14.6 Å². The number of urea groups is 1. The smallest absolute Gasteiger partial charge is 0.318 e. The molecule has 1 saturated heterocycles. The van der Waals surface area contributed by atoms with E-state index in [4.69, 9.17) is 9.84 Å². The van der Waals surface area contributed by atoms with Gasteiger partial charge in [-0.2, -0.15) is 0 Å². The Balaban J connectivity index is 1.97. The van der Waals surface area contributed by atoms with E-state index < -0.39 is 0 Å². The number of benzene rings is 1. The van der Waals surface area contributed by atoms with Crippen LogP contribution in [0.4, 0.5) is 4.79 Å². The molecule has 2 rings (SSSR count). The molecule has 1 heterocycles. The quantitative estimate of drug-likeness (QED) is 0.819. The molecule has 19 heavy (non-hydrogen) atoms. The average molecular weight is 264 g/mol. The standard InChI is InChI=1S/C14H20N2O3/c1-2-19-12-6-4-11(5-7-12)13-10-16(8-3-9-17)14(18)15-13/h4-7,13,17H,2-3,8-10H2,1H3,(H,15,18). The maximum Gasteiger partial charge on any atom is 0.318 e. The molecule has 0 aromatic heterocycles. The Labute approximate surface area is 113 Å². The van der Waals surface area contributed by atoms with Gasteiger partial charge in [-0.15, -0.1) is 0 Å². The number of carbonyl (C=O) groups is 1. The van der Waals surface area contributed by atoms with Gasteiger partial charge in [0, 0.05) is 19.7 Å². The highest BCUT2D eigenvalue weighted by Gasteiger charge is 2.28. The molecule has 2 N–H and O–H groups in total. The van der Waals surface area contributed by atoms with Crippen molar-refractivity contribution in [3.8, 4) is 5.75 Å². The van der Waals surface area contributed by atoms with E-state index in [1.165, 1.54) is 0 Å². The molecule has 1 aliphatic rings. The van der Waals surface area contributed by atoms with Crippen LogP contribution in [0.3, 0.4) is 0 Å². The maximum atomic E-state index is 11.7. The summed E-state index contributed by atoms with van der Waals surface area (Å²) in [6, 6.07) is 7.74. The van der Waals surface area contributed by atoms with Gasteiger partial charge < -0.3 is 20.1 Å². The van der Waals surface area contributed by atoms with Gasteiger partial charge in [0.1, 0.15) is 5.75 Å². The molecule has 5 nitrogen and oxygen atoms in total. The summed E-state index contributed by atoms with van der Waals surface area (Å²) in [5, 5.41) is 11.7. The van der Waals surface area contributed by atoms with E-state index in [-0.39, 0.29) is 18.7 Å². The lowest BCUT2D eigenvalue weighted by molar-refractivity contribution is 0.209. The van der Waals surface area contributed by atoms with Gasteiger partial charge in [0.05, 0.1) is 12.6 Å². The normalized spacial score (nSPS) is 18.5. The summed E-state index contributed by atoms with van der Waals surface area (Å²) in [6.07, 6.45) is 0.615. The number of hydrogen-bond donors (Lipinski definition) is 2. The van der Waals surface area contributed by atoms with Crippen molar-refractivity contribution in [2.75, 3.05) is 26.3 Å². The summed E-state index contributed by atoms with van der Waals surface area (Å²) < 4.78 is 5.39. The van der Waals surface area contributed by atoms with E-state index >= 15 is 0 Å². The first-order chi connectivity index (χ1) is 9.24. The van der Waals surface area contributed by atoms with Crippen molar-refractivity contribution in [2.45, 2.75) is 19.4 Å². The first-order valence-corrected chi connectivity index (χ1v) is 6.63. The molecule has 1 atom stereocenters. The van der Waals surface area contributed by atoms with Gasteiger partial charge in [0.15, 0.2) is 0 Å². The van der Waals surface area contributed by atoms with Gasteiger partial charge in [0.2, 0.25) is 0 Å². The van der Waals surface area contributed by atoms with Crippen molar-refractivity contribution >= 4 is 6.03 Å². The fraction of sp³-hybridized carbons (Fsp3) is 0.500. The molecule has 0 aliphatic carbocycles. The van der Waals surface area contributed by atoms with E-state index in [1.807, 2.05) is 31.2 Å². The first-order valence-electron chi connectivity index (χ1n) is 6.63. The Hall–Kier alpha value is -1.75. The van der Waals surface area contributed by atoms with Gasteiger partial charge in [-0.3, -0.25) is 0 Å². The lowest BCUT2D eigenvalue weighted by Gasteiger charge is -2.14. The number of carbonyl (C=O) groups excluding carboxylic acids is 1. The second-order valence-electron chi connectivity index (χ2n) is 4.53. The molecule has 0 bridgehead atoms. The molecule has 0 saturated carbocycles. The number of rotatable bonds is 6. The molecule has 1 aliphatic heterocycles. The third-order valence-electron chi connectivity index (χ3n) is 3.17. The highest BCUT2D eigenvalue weighted by atomic mass is 16.5. The molecule has 2 amide bonds. The maximum absolute atomic E-state index is 11.7. The largest absolute Gasteiger partial charge is 0.494 e. The van der Waals surface area contributed by atoms with Crippen molar-refractivity contribution in [3.63, 3.8) is 0 Å². The van der Waals surface area contributed by atoms with Crippen molar-refractivity contribution in [3.05, 3.63) is 29.8 Å². The Morgan fingerprint density at radius 1 is 1.42 bits per heavy atom. The van der Waals surface area contributed by atoms with Gasteiger partial charge in [0.25, 0.3) is 0 Å². The topological polar surface area (TPSA) is 61.8 Å². The lowest BCUT2D eigenvalue weighted by Crippen LogP contribution is -2.29. The summed E-state index contributed by atoms with van der Waals surface area (Å²) in [5.41, 5.74) is 1.07. The van der Waals surface area contributed by atoms with Gasteiger partial charge in [-0.05, 0) is 31.0 Å². The van der Waals surface area contributed by atoms with Crippen LogP contribution >= 0.6 is 0 Å². The average Bonchev–Trinajstić information content (AvgIpc) is 2.79. The fourth-order valence-corrected chi connectivity index (χ4v) is 2.20. The minimum absolute atomic E-state index is 0.0156. The van der Waals surface area contributed by atoms with E-state index in [0.717, 1.165) is 11.3 Å². The monoisotopic (exact) mass is 264 g/mol. The lowest BCUT2D eigenvalue weighted by atomic mass is 10.1. The molecule has 0 spiro atoms. The Bertz CT molecular complexity index is 419. The SMILES string of the molecule is CCOc1ccc(C2CN(CCCO)C(=O)N2)cc1. The van der Waals surface area contributed by atoms with Crippen molar-refractivity contribution in [2.24, 2.45) is 0 Å². The number of aliphatic hydroxyl groups excluding tert-OH is 1. The predicted octanol–water partition coefficient (Wildman–Crippen LogP) is 1.53. The van der Waals surface area contributed by atoms with Crippen LogP contribution in [0.5, 0.6) is 5.75 Å². The highest BCUT2D eigenvalue weighted by Crippen LogP contribution is 2.22. The Kier molecular flexibility index (Phi) is 4.63. The molecular formula is C14H20N2O3. The van der Waals surface area contributed by atoms with E-state index in [2.05, 4.69) is 5.32 Å². The zero-order valence-corrected chi connectivity index (χ0v) is 11.1. The summed E-state index contributed by atoms with van der Waals surface area (Å²) in [6.45, 7) is 3.94. The van der Waals surface area contributed by atoms with Crippen LogP contribution in [0.15, 0.2) is 24.3 Å². The van der Waals surface area contributed by atoms with Crippen molar-refractivity contribution in [1.82, 2.24) is 10.2 Å². The molecular weight excluding hydrogens is 244 g/mol. The molecule has 1 unspecified atom stereocenters. The minimum Gasteiger partial charge on any atom is -0.494 e. The van der Waals surface area contributed by atoms with Crippen LogP contribution in [0.1, 0.15) is 24.9 Å². The van der Waals surface area contributed by atoms with Gasteiger partial charge >= 0.3 is 6.03 Å². The zero-order valence-electron chi connectivity index (χ0n) is 11.1. The summed E-state index contributed by atoms with van der Waals surface area (Å²) in [7, 11) is 0. The number of ether oxygens (including phenoxy) is 1. The Morgan fingerprint density at radius 2 is 2.16 bits per heavy atom. The first kappa shape index (κ1) is 13.7. The minimum atomic E-state index is -0.0627. The van der Waals surface area contributed by atoms with Crippen LogP contribution < -0.4 is 10.1 Å². The number of aliphatic hydroxyl groups is 1. The van der Waals surface area contributed by atoms with E-state index in [0.29, 0.717) is 26.1 Å². The number of hydrogen-bond acceptors (Lipinski definition) is 3. The molecule has 104 valence electrons. The second kappa shape index (κ2) is 6.43. The van der Waals surface area contributed by atoms with Crippen LogP contribution in [0, 0.1) is 0 Å². The van der Waals surface area contributed by atoms with Crippen LogP contribution in [0.25, 0.3) is 0 Å². The summed E-state index contributed by atoms with van der Waals surface area (Å²) in [5.74, 6) is 0.840. The Morgan fingerprint density at radius 3 is 2.79 bits per heavy atom. The van der Waals surface area contributed by atoms with Crippen LogP contribution in [0.2, 0.25) is 0 Å². The number of nitrogens with zero attached hydrogens (tertiary/aromatic N) is 1. The molecule has 1 aromatic carbocycles. The summed E-state index contributed by atoms with van der Waals surface area (Å²) >= 11 is 0. The molecule has 1 aromatic rings. The zero-order chi connectivity index (χ0) is 13.7. The number of nitrogens with one attached hydrogen (secondary N) is 1. The van der Waals surface area contributed by atoms with E-state index in [1.54, 1.807) is 4.90 Å². The molecule has 1 fully saturated rings. The van der Waals surface area contributed by atoms with Crippen molar-refractivity contribution in [1.29, 1.82) is 0 Å². The molecule has 0 radical (unpaired) electrons. The second-order valence-corrected chi connectivity index (χ2v) is 4.53. The van der Waals surface area contributed by atoms with Gasteiger partial charge in [-0.25, -0.2) is 4.79 Å². The highest BCUT2D eigenvalue weighted by molar-refractivity contribution is 5.77. The predicted molar refractivity (Wildman–Crippen MR) is 72.2 cm³/mol.